The number of amides is 6. The Hall–Kier alpha value is -9.54. The van der Waals surface area contributed by atoms with Crippen molar-refractivity contribution in [2.75, 3.05) is 27.8 Å². The lowest BCUT2D eigenvalue weighted by Crippen LogP contribution is -2.62. The number of methoxy groups -OCH3 is 1. The van der Waals surface area contributed by atoms with Gasteiger partial charge in [0.25, 0.3) is 29.5 Å². The number of nitrogens with zero attached hydrogens (tertiary/aromatic N) is 8. The van der Waals surface area contributed by atoms with Gasteiger partial charge in [-0.15, -0.1) is 56.7 Å². The number of aliphatic hydroxyl groups excluding tert-OH is 1. The van der Waals surface area contributed by atoms with Crippen LogP contribution in [0, 0.1) is 0 Å². The highest BCUT2D eigenvalue weighted by Gasteiger charge is 2.50. The largest absolute Gasteiger partial charge is 0.506 e. The number of aromatic hydroxyl groups is 1. The number of allylic oxidation sites excluding steroid dienone is 1. The van der Waals surface area contributed by atoms with Gasteiger partial charge in [-0.2, -0.15) is 4.73 Å². The van der Waals surface area contributed by atoms with E-state index in [0.29, 0.717) is 10.3 Å². The number of cyclic esters (lactones) is 2. The number of rotatable bonds is 9. The normalized spacial score (nSPS) is 24.0. The van der Waals surface area contributed by atoms with Crippen LogP contribution in [0.1, 0.15) is 125 Å². The van der Waals surface area contributed by atoms with Gasteiger partial charge in [-0.25, -0.2) is 39.5 Å². The number of ether oxygens (including phenoxy) is 6. The second-order valence-corrected chi connectivity index (χ2v) is 27.7. The predicted molar refractivity (Wildman–Crippen MR) is 350 cm³/mol. The Labute approximate surface area is 574 Å². The number of primary amides is 1. The molecule has 12 bridgehead atoms. The molecule has 10 atom stereocenters. The number of thiazole rings is 5. The molecule has 11 N–H and O–H groups in total. The van der Waals surface area contributed by atoms with E-state index in [1.165, 1.54) is 60.0 Å². The lowest BCUT2D eigenvalue weighted by atomic mass is 9.85. The van der Waals surface area contributed by atoms with Crippen LogP contribution in [0.15, 0.2) is 69.2 Å². The van der Waals surface area contributed by atoms with E-state index in [2.05, 4.69) is 48.1 Å². The summed E-state index contributed by atoms with van der Waals surface area (Å²) < 4.78 is 38.2. The number of carbonyl (C=O) groups is 8. The van der Waals surface area contributed by atoms with Crippen molar-refractivity contribution in [3.05, 3.63) is 124 Å². The summed E-state index contributed by atoms with van der Waals surface area (Å²) in [6.07, 6.45) is -7.56. The number of aliphatic hydroxyl groups is 2. The summed E-state index contributed by atoms with van der Waals surface area (Å²) >= 11 is 4.46. The standard InChI is InChI=1S/C61H60N14O18S5/c1-22(48(62)78)63-49(79)31-19-97-57(68-31)42-36(77)12-27-41(70-42)30-17-95-55(65-30)29-16-91-59(84)44-28-15-89-45(46(93-37-13-61(5,86)47(74(6)7)25(4)92-37)60(85)90-14-26-10-9-11-35(38(26)28)75(44)87)43(58-69-32(20-98-58)50(80)64-29)73-52(82)34-21-96-56(67-34)40(24(3)88-8)72-53(83)39(23(2)76)71-51(81)33-18-94-54(27)66-33/h9-12,17-21,23,25,29,37,39,43,45-47,76-77,86-87H,1,13-16H2,2-8H3,(H2,62,78)(H,63,79)(H,64,80)(H,71,81)(H,72,83)(H,73,82)/b40-24+/t23?,25?,29-,37-,39-,43?,45?,46-,47+,61?/m0/s1. The van der Waals surface area contributed by atoms with E-state index < -0.39 is 145 Å². The molecule has 4 aliphatic rings. The van der Waals surface area contributed by atoms with Crippen LogP contribution in [0.4, 0.5) is 0 Å². The van der Waals surface area contributed by atoms with Crippen molar-refractivity contribution in [1.82, 2.24) is 66.1 Å². The van der Waals surface area contributed by atoms with Crippen molar-refractivity contribution in [3.8, 4) is 38.4 Å². The molecular weight excluding hydrogens is 1380 g/mol. The minimum atomic E-state index is -1.92. The fourth-order valence-corrected chi connectivity index (χ4v) is 15.9. The Morgan fingerprint density at radius 2 is 1.52 bits per heavy atom. The molecule has 8 aromatic rings. The molecule has 0 saturated carbocycles. The van der Waals surface area contributed by atoms with Crippen molar-refractivity contribution >= 4 is 121 Å². The molecule has 0 aliphatic carbocycles. The van der Waals surface area contributed by atoms with Gasteiger partial charge in [0.2, 0.25) is 5.91 Å². The molecule has 0 spiro atoms. The van der Waals surface area contributed by atoms with Gasteiger partial charge in [-0.3, -0.25) is 28.8 Å². The Balaban J connectivity index is 1.04. The second-order valence-electron chi connectivity index (χ2n) is 23.3. The molecule has 11 heterocycles. The maximum absolute atomic E-state index is 15.2. The van der Waals surface area contributed by atoms with Gasteiger partial charge in [0, 0.05) is 49.8 Å². The third-order valence-corrected chi connectivity index (χ3v) is 20.8. The number of nitrogens with two attached hydrogens (primary N) is 1. The van der Waals surface area contributed by atoms with Gasteiger partial charge in [0.05, 0.1) is 48.8 Å². The lowest BCUT2D eigenvalue weighted by Gasteiger charge is -2.48. The highest BCUT2D eigenvalue weighted by atomic mass is 32.1. The van der Waals surface area contributed by atoms with E-state index in [0.717, 1.165) is 56.7 Å². The van der Waals surface area contributed by atoms with Crippen molar-refractivity contribution in [2.45, 2.75) is 108 Å². The first-order valence-electron chi connectivity index (χ1n) is 29.7. The van der Waals surface area contributed by atoms with E-state index in [-0.39, 0.29) is 105 Å². The van der Waals surface area contributed by atoms with Gasteiger partial charge in [-0.05, 0) is 59.5 Å². The molecule has 1 fully saturated rings. The zero-order valence-corrected chi connectivity index (χ0v) is 56.7. The molecule has 6 amide bonds. The maximum atomic E-state index is 15.2. The first-order chi connectivity index (χ1) is 46.7. The summed E-state index contributed by atoms with van der Waals surface area (Å²) in [5.41, 5.74) is 2.00. The van der Waals surface area contributed by atoms with Crippen LogP contribution in [-0.4, -0.2) is 184 Å². The van der Waals surface area contributed by atoms with Crippen LogP contribution in [-0.2, 0) is 56.0 Å². The van der Waals surface area contributed by atoms with Crippen molar-refractivity contribution in [2.24, 2.45) is 5.73 Å². The number of benzene rings is 1. The highest BCUT2D eigenvalue weighted by molar-refractivity contribution is 7.14. The van der Waals surface area contributed by atoms with Crippen LogP contribution < -0.4 is 32.3 Å². The molecule has 1 aromatic carbocycles. The Kier molecular flexibility index (Phi) is 19.1. The molecule has 37 heteroatoms. The second kappa shape index (κ2) is 27.4. The monoisotopic (exact) mass is 1440 g/mol. The van der Waals surface area contributed by atoms with Crippen LogP contribution in [0.2, 0.25) is 0 Å². The van der Waals surface area contributed by atoms with E-state index >= 15 is 14.4 Å². The van der Waals surface area contributed by atoms with Crippen LogP contribution in [0.25, 0.3) is 49.3 Å². The predicted octanol–water partition coefficient (Wildman–Crippen LogP) is 3.89. The number of aromatic nitrogens is 7. The number of hydrogen-bond acceptors (Lipinski definition) is 30. The molecule has 12 rings (SSSR count). The fourth-order valence-electron chi connectivity index (χ4n) is 11.7. The lowest BCUT2D eigenvalue weighted by molar-refractivity contribution is -0.280. The number of carbonyl (C=O) groups excluding carboxylic acids is 8. The van der Waals surface area contributed by atoms with E-state index in [1.54, 1.807) is 45.0 Å². The van der Waals surface area contributed by atoms with Gasteiger partial charge in [-0.1, -0.05) is 18.7 Å². The van der Waals surface area contributed by atoms with Crippen molar-refractivity contribution in [3.63, 3.8) is 0 Å². The first-order valence-corrected chi connectivity index (χ1v) is 34.1. The smallest absolute Gasteiger partial charge is 0.358 e. The molecule has 5 unspecified atom stereocenters. The summed E-state index contributed by atoms with van der Waals surface area (Å²) in [6, 6.07) is 0.628. The van der Waals surface area contributed by atoms with Gasteiger partial charge in [0.1, 0.15) is 120 Å². The summed E-state index contributed by atoms with van der Waals surface area (Å²) in [4.78, 5) is 144. The topological polar surface area (TPSA) is 445 Å². The molecule has 4 aliphatic heterocycles. The summed E-state index contributed by atoms with van der Waals surface area (Å²) in [5.74, 6) is -8.28. The molecule has 0 radical (unpaired) electrons. The van der Waals surface area contributed by atoms with E-state index in [4.69, 9.17) is 49.1 Å². The van der Waals surface area contributed by atoms with Crippen LogP contribution >= 0.6 is 56.7 Å². The third-order valence-electron chi connectivity index (χ3n) is 16.3. The summed E-state index contributed by atoms with van der Waals surface area (Å²) in [5, 5.41) is 67.4. The Bertz CT molecular complexity index is 4610. The number of hydrogen-bond donors (Lipinski definition) is 10. The van der Waals surface area contributed by atoms with Gasteiger partial charge >= 0.3 is 11.9 Å². The quantitative estimate of drug-likeness (QED) is 0.0424. The maximum Gasteiger partial charge on any atom is 0.358 e. The van der Waals surface area contributed by atoms with Crippen molar-refractivity contribution < 1.29 is 87.3 Å². The molecule has 1 saturated heterocycles. The van der Waals surface area contributed by atoms with Crippen molar-refractivity contribution in [1.29, 1.82) is 0 Å². The number of fused-ring (bicyclic) bond motifs is 15. The molecule has 98 heavy (non-hydrogen) atoms. The number of nitrogens with one attached hydrogen (secondary N) is 5. The minimum Gasteiger partial charge on any atom is -0.506 e. The average Bonchev–Trinajstić information content (AvgIpc) is 1.57. The number of esters is 2. The average molecular weight is 1440 g/mol. The minimum absolute atomic E-state index is 0.00915. The molecular formula is C61H60N14O18S5. The SMILES string of the molecule is C=C(NC(=O)c1csc(-c2nc3c(cc2O)-c2nc(cs2)C(=O)N[C@@H](C(C)O)C(=O)N/C(=C(\C)OC)c2nc(cs2)C(=O)NC2c4nc(cs4)C(=O)N[C@@H](COC(=O)c4c5c6c(cccc6n4O)COC(=O)[C@@H](O[C@H]4CC(C)(O)[C@H](N(C)C)C(C)O4)C2OC5)c2nc-3cs2)n1)C(N)=O. The number of likely N-dealkylation sites (N-methyl/N-ethyl adjacent to an activating group) is 1. The Morgan fingerprint density at radius 3 is 2.23 bits per heavy atom. The fraction of sp³-hybridized carbons (Fsp3) is 0.344. The van der Waals surface area contributed by atoms with Crippen LogP contribution in [0.5, 0.6) is 5.75 Å². The highest BCUT2D eigenvalue weighted by Crippen LogP contribution is 2.43. The summed E-state index contributed by atoms with van der Waals surface area (Å²) in [7, 11) is 4.83. The molecule has 7 aromatic heterocycles. The number of pyridine rings is 1. The Morgan fingerprint density at radius 1 is 0.857 bits per heavy atom. The third kappa shape index (κ3) is 13.4. The molecule has 512 valence electrons. The zero-order valence-electron chi connectivity index (χ0n) is 52.6. The van der Waals surface area contributed by atoms with E-state index in [1.807, 2.05) is 0 Å². The molecule has 32 nitrogen and oxygen atoms in total. The zero-order chi connectivity index (χ0) is 69.9. The summed E-state index contributed by atoms with van der Waals surface area (Å²) in [6.45, 7) is 7.68. The van der Waals surface area contributed by atoms with Crippen LogP contribution in [0.3, 0.4) is 0 Å². The van der Waals surface area contributed by atoms with E-state index in [9.17, 15) is 44.5 Å². The van der Waals surface area contributed by atoms with Gasteiger partial charge in [0.15, 0.2) is 18.1 Å². The van der Waals surface area contributed by atoms with Gasteiger partial charge < -0.3 is 86.2 Å². The first kappa shape index (κ1) is 68.4.